The number of esters is 1. The van der Waals surface area contributed by atoms with Gasteiger partial charge < -0.3 is 26.3 Å². The number of carbonyl (C=O) groups excluding carboxylic acids is 3. The third kappa shape index (κ3) is 3.37. The molecule has 0 radical (unpaired) electrons. The summed E-state index contributed by atoms with van der Waals surface area (Å²) in [5.41, 5.74) is 10.9. The van der Waals surface area contributed by atoms with Crippen molar-refractivity contribution in [2.45, 2.75) is 6.10 Å². The van der Waals surface area contributed by atoms with E-state index in [1.54, 1.807) is 24.3 Å². The molecule has 1 atom stereocenters. The van der Waals surface area contributed by atoms with Crippen molar-refractivity contribution in [1.29, 1.82) is 0 Å². The van der Waals surface area contributed by atoms with Gasteiger partial charge in [0.25, 0.3) is 0 Å². The van der Waals surface area contributed by atoms with Crippen molar-refractivity contribution in [3.05, 3.63) is 35.0 Å². The summed E-state index contributed by atoms with van der Waals surface area (Å²) in [6.45, 7) is 0. The van der Waals surface area contributed by atoms with Gasteiger partial charge in [0.2, 0.25) is 11.8 Å². The van der Waals surface area contributed by atoms with E-state index in [0.717, 1.165) is 0 Å². The van der Waals surface area contributed by atoms with Gasteiger partial charge in [-0.25, -0.2) is 4.79 Å². The molecule has 5 N–H and O–H groups in total. The first-order valence-electron chi connectivity index (χ1n) is 6.45. The molecule has 23 heavy (non-hydrogen) atoms. The number of halogens is 1. The highest BCUT2D eigenvalue weighted by atomic mass is 35.5. The zero-order chi connectivity index (χ0) is 17.1. The number of nitrogens with two attached hydrogens (primary N) is 2. The molecule has 1 aliphatic rings. The summed E-state index contributed by atoms with van der Waals surface area (Å²) in [6.07, 6.45) is -1.30. The van der Waals surface area contributed by atoms with Gasteiger partial charge in [-0.3, -0.25) is 9.59 Å². The molecule has 9 heteroatoms. The molecule has 0 saturated carbocycles. The van der Waals surface area contributed by atoms with Gasteiger partial charge in [-0.05, 0) is 24.3 Å². The number of rotatable bonds is 6. The zero-order valence-corrected chi connectivity index (χ0v) is 12.8. The Bertz CT molecular complexity index is 672. The number of anilines is 1. The molecule has 122 valence electrons. The van der Waals surface area contributed by atoms with E-state index >= 15 is 0 Å². The Morgan fingerprint density at radius 3 is 2.30 bits per heavy atom. The lowest BCUT2D eigenvalue weighted by molar-refractivity contribution is -0.146. The number of benzene rings is 1. The monoisotopic (exact) mass is 339 g/mol. The number of methoxy groups -OCH3 is 1. The summed E-state index contributed by atoms with van der Waals surface area (Å²) in [7, 11) is 1.52. The minimum absolute atomic E-state index is 0.0458. The van der Waals surface area contributed by atoms with Crippen molar-refractivity contribution in [2.24, 2.45) is 17.4 Å². The summed E-state index contributed by atoms with van der Waals surface area (Å²) in [5.74, 6) is -3.82. The lowest BCUT2D eigenvalue weighted by Crippen LogP contribution is -2.45. The van der Waals surface area contributed by atoms with E-state index in [4.69, 9.17) is 32.5 Å². The summed E-state index contributed by atoms with van der Waals surface area (Å²) in [4.78, 5) is 34.5. The fourth-order valence-corrected chi connectivity index (χ4v) is 2.29. The van der Waals surface area contributed by atoms with Crippen LogP contribution in [0.25, 0.3) is 0 Å². The molecule has 0 fully saturated rings. The van der Waals surface area contributed by atoms with E-state index in [1.807, 2.05) is 0 Å². The van der Waals surface area contributed by atoms with Gasteiger partial charge >= 0.3 is 5.97 Å². The van der Waals surface area contributed by atoms with Crippen LogP contribution in [0.15, 0.2) is 35.0 Å². The minimum Gasteiger partial charge on any atom is -0.497 e. The molecular formula is C14H14ClN3O5. The topological polar surface area (TPSA) is 134 Å². The molecule has 2 rings (SSSR count). The van der Waals surface area contributed by atoms with Crippen LogP contribution >= 0.6 is 11.6 Å². The molecule has 0 bridgehead atoms. The minimum atomic E-state index is -1.53. The molecule has 0 aliphatic carbocycles. The van der Waals surface area contributed by atoms with Crippen LogP contribution in [-0.2, 0) is 19.1 Å². The number of nitrogens with one attached hydrogen (secondary N) is 1. The number of amides is 2. The third-order valence-electron chi connectivity index (χ3n) is 3.22. The quantitative estimate of drug-likeness (QED) is 0.496. The summed E-state index contributed by atoms with van der Waals surface area (Å²) >= 11 is 5.90. The fraction of sp³-hybridized carbons (Fsp3) is 0.214. The number of cyclic esters (lactones) is 1. The first-order valence-corrected chi connectivity index (χ1v) is 6.83. The van der Waals surface area contributed by atoms with E-state index in [2.05, 4.69) is 5.32 Å². The highest BCUT2D eigenvalue weighted by Gasteiger charge is 2.44. The molecule has 1 aromatic rings. The highest BCUT2D eigenvalue weighted by molar-refractivity contribution is 6.42. The average molecular weight is 340 g/mol. The van der Waals surface area contributed by atoms with Gasteiger partial charge in [0, 0.05) is 5.69 Å². The Morgan fingerprint density at radius 2 is 1.83 bits per heavy atom. The Labute approximate surface area is 136 Å². The van der Waals surface area contributed by atoms with Gasteiger partial charge in [-0.1, -0.05) is 11.6 Å². The maximum Gasteiger partial charge on any atom is 0.352 e. The number of hydrogen-bond acceptors (Lipinski definition) is 6. The predicted octanol–water partition coefficient (Wildman–Crippen LogP) is 0.0697. The molecule has 1 aromatic carbocycles. The fourth-order valence-electron chi connectivity index (χ4n) is 2.09. The smallest absolute Gasteiger partial charge is 0.352 e. The largest absolute Gasteiger partial charge is 0.497 e. The number of hydrogen-bond donors (Lipinski definition) is 3. The molecule has 0 saturated heterocycles. The molecule has 0 spiro atoms. The lowest BCUT2D eigenvalue weighted by Gasteiger charge is -2.20. The molecule has 8 nitrogen and oxygen atoms in total. The molecule has 1 aliphatic heterocycles. The Kier molecular flexibility index (Phi) is 4.75. The van der Waals surface area contributed by atoms with Gasteiger partial charge in [0.15, 0.2) is 12.0 Å². The number of ether oxygens (including phenoxy) is 2. The first kappa shape index (κ1) is 16.6. The first-order chi connectivity index (χ1) is 10.8. The van der Waals surface area contributed by atoms with Gasteiger partial charge in [0.05, 0.1) is 12.8 Å². The molecule has 2 amide bonds. The Balaban J connectivity index is 2.33. The second-order valence-corrected chi connectivity index (χ2v) is 5.07. The van der Waals surface area contributed by atoms with Crippen LogP contribution in [0.1, 0.15) is 0 Å². The second kappa shape index (κ2) is 6.57. The molecule has 0 aromatic heterocycles. The van der Waals surface area contributed by atoms with E-state index in [9.17, 15) is 14.4 Å². The van der Waals surface area contributed by atoms with Crippen molar-refractivity contribution in [3.8, 4) is 5.75 Å². The van der Waals surface area contributed by atoms with Crippen LogP contribution in [0, 0.1) is 5.92 Å². The van der Waals surface area contributed by atoms with Gasteiger partial charge in [-0.15, -0.1) is 0 Å². The zero-order valence-electron chi connectivity index (χ0n) is 12.0. The van der Waals surface area contributed by atoms with Crippen LogP contribution in [0.4, 0.5) is 5.69 Å². The maximum atomic E-state index is 11.7. The number of primary amides is 2. The molecular weight excluding hydrogens is 326 g/mol. The van der Waals surface area contributed by atoms with E-state index in [-0.39, 0.29) is 10.7 Å². The standard InChI is InChI=1S/C14H14ClN3O5/c1-22-7-4-2-6(3-5-7)18-10-9(15)14(21)23-11(10)8(12(16)19)13(17)20/h2-5,8,11,18H,1H3,(H2,16,19)(H2,17,20)/t11-/m1/s1. The Hall–Kier alpha value is -2.74. The van der Waals surface area contributed by atoms with Crippen molar-refractivity contribution in [1.82, 2.24) is 0 Å². The van der Waals surface area contributed by atoms with Crippen LogP contribution in [0.5, 0.6) is 5.75 Å². The second-order valence-electron chi connectivity index (χ2n) is 4.69. The van der Waals surface area contributed by atoms with Crippen molar-refractivity contribution in [3.63, 3.8) is 0 Å². The average Bonchev–Trinajstić information content (AvgIpc) is 2.75. The van der Waals surface area contributed by atoms with Gasteiger partial charge in [-0.2, -0.15) is 0 Å². The van der Waals surface area contributed by atoms with E-state index in [0.29, 0.717) is 11.4 Å². The lowest BCUT2D eigenvalue weighted by atomic mass is 9.98. The molecule has 1 heterocycles. The van der Waals surface area contributed by atoms with Crippen molar-refractivity contribution in [2.75, 3.05) is 12.4 Å². The van der Waals surface area contributed by atoms with Crippen LogP contribution in [0.2, 0.25) is 0 Å². The maximum absolute atomic E-state index is 11.7. The summed E-state index contributed by atoms with van der Waals surface area (Å²) in [6, 6.07) is 6.64. The SMILES string of the molecule is COc1ccc(NC2=C(Cl)C(=O)O[C@@H]2C(C(N)=O)C(N)=O)cc1. The van der Waals surface area contributed by atoms with E-state index < -0.39 is 29.8 Å². The van der Waals surface area contributed by atoms with Crippen LogP contribution in [-0.4, -0.2) is 31.0 Å². The third-order valence-corrected chi connectivity index (χ3v) is 3.58. The van der Waals surface area contributed by atoms with Crippen molar-refractivity contribution < 1.29 is 23.9 Å². The van der Waals surface area contributed by atoms with Gasteiger partial charge in [0.1, 0.15) is 10.8 Å². The molecule has 0 unspecified atom stereocenters. The highest BCUT2D eigenvalue weighted by Crippen LogP contribution is 2.31. The van der Waals surface area contributed by atoms with Crippen LogP contribution < -0.4 is 21.5 Å². The Morgan fingerprint density at radius 1 is 1.26 bits per heavy atom. The number of carbonyl (C=O) groups is 3. The predicted molar refractivity (Wildman–Crippen MR) is 81.3 cm³/mol. The summed E-state index contributed by atoms with van der Waals surface area (Å²) < 4.78 is 9.99. The van der Waals surface area contributed by atoms with Crippen LogP contribution in [0.3, 0.4) is 0 Å². The van der Waals surface area contributed by atoms with Crippen molar-refractivity contribution >= 4 is 35.1 Å². The summed E-state index contributed by atoms with van der Waals surface area (Å²) in [5, 5.41) is 2.56. The normalized spacial score (nSPS) is 17.2. The van der Waals surface area contributed by atoms with E-state index in [1.165, 1.54) is 7.11 Å².